The molecule has 37 heavy (non-hydrogen) atoms. The molecule has 1 aliphatic rings. The quantitative estimate of drug-likeness (QED) is 0.128. The average Bonchev–Trinajstić information content (AvgIpc) is 3.69. The molecule has 1 atom stereocenters. The average molecular weight is 653 g/mol. The van der Waals surface area contributed by atoms with Crippen molar-refractivity contribution >= 4 is 46.4 Å². The van der Waals surface area contributed by atoms with Crippen LogP contribution in [0, 0.1) is 0 Å². The van der Waals surface area contributed by atoms with Crippen molar-refractivity contribution in [2.24, 2.45) is 0 Å². The van der Waals surface area contributed by atoms with Crippen LogP contribution >= 0.6 is 11.8 Å². The van der Waals surface area contributed by atoms with Gasteiger partial charge in [0.1, 0.15) is 0 Å². The molecular weight excluding hydrogens is 611 g/mol. The van der Waals surface area contributed by atoms with Gasteiger partial charge in [-0.15, -0.1) is 0 Å². The second kappa shape index (κ2) is 14.8. The fraction of sp³-hybridized carbons (Fsp3) is 0.552. The number of benzene rings is 2. The van der Waals surface area contributed by atoms with Gasteiger partial charge in [0.25, 0.3) is 0 Å². The zero-order valence-corrected chi connectivity index (χ0v) is 27.0. The Kier molecular flexibility index (Phi) is 12.2. The minimum atomic E-state index is -3.25. The van der Waals surface area contributed by atoms with E-state index in [0.717, 1.165) is 63.2 Å². The van der Waals surface area contributed by atoms with Gasteiger partial charge in [0.05, 0.1) is 5.75 Å². The number of hydrogen-bond acceptors (Lipinski definition) is 6. The van der Waals surface area contributed by atoms with Gasteiger partial charge in [-0.1, -0.05) is 0 Å². The van der Waals surface area contributed by atoms with E-state index in [1.54, 1.807) is 36.0 Å². The van der Waals surface area contributed by atoms with E-state index >= 15 is 0 Å². The molecule has 204 valence electrons. The molecule has 0 radical (unpaired) electrons. The summed E-state index contributed by atoms with van der Waals surface area (Å²) >= 11 is -1.29. The van der Waals surface area contributed by atoms with Crippen LogP contribution in [0.2, 0.25) is 13.3 Å². The molecule has 8 heteroatoms. The molecule has 1 unspecified atom stereocenters. The molecule has 0 spiro atoms. The topological polar surface area (TPSA) is 69.7 Å². The standard InChI is InChI=1S/C17H16O5S2.3C4H9.Sn/c18-17(19)9-12-1-3-13(4-2-12)22-14-5-7-16(8-6-14)24(20,21)11-15-10-23-15;3*1-3-4-2;/h1-8,15H,9-11H2,(H,18,19);3*1,3-4H2,2H3;/q;;;;+1/p-1. The third kappa shape index (κ3) is 10.1. The number of thioether (sulfide) groups is 1. The second-order valence-corrected chi connectivity index (χ2v) is 25.1. The minimum absolute atomic E-state index is 0.0748. The first-order valence-corrected chi connectivity index (χ1v) is 23.6. The van der Waals surface area contributed by atoms with E-state index in [1.165, 1.54) is 0 Å². The molecule has 5 nitrogen and oxygen atoms in total. The molecule has 0 bridgehead atoms. The summed E-state index contributed by atoms with van der Waals surface area (Å²) < 4.78 is 40.6. The van der Waals surface area contributed by atoms with Crippen molar-refractivity contribution < 1.29 is 21.0 Å². The van der Waals surface area contributed by atoms with Gasteiger partial charge in [0, 0.05) is 11.0 Å². The molecule has 0 aromatic heterocycles. The summed E-state index contributed by atoms with van der Waals surface area (Å²) in [5, 5.41) is 0.237. The first-order valence-electron chi connectivity index (χ1n) is 13.7. The maximum atomic E-state index is 13.0. The molecule has 2 aromatic rings. The van der Waals surface area contributed by atoms with E-state index < -0.39 is 28.6 Å². The fourth-order valence-electron chi connectivity index (χ4n) is 4.50. The van der Waals surface area contributed by atoms with E-state index in [9.17, 15) is 13.2 Å². The van der Waals surface area contributed by atoms with Gasteiger partial charge in [0.2, 0.25) is 0 Å². The van der Waals surface area contributed by atoms with Crippen molar-refractivity contribution in [3.63, 3.8) is 0 Å². The molecule has 2 aromatic carbocycles. The van der Waals surface area contributed by atoms with Crippen LogP contribution < -0.4 is 4.74 Å². The van der Waals surface area contributed by atoms with Gasteiger partial charge in [0.15, 0.2) is 9.84 Å². The molecule has 1 heterocycles. The Morgan fingerprint density at radius 2 is 1.35 bits per heavy atom. The fourth-order valence-corrected chi connectivity index (χ4v) is 20.3. The van der Waals surface area contributed by atoms with E-state index in [2.05, 4.69) is 20.8 Å². The van der Waals surface area contributed by atoms with Gasteiger partial charge in [-0.2, -0.15) is 11.8 Å². The number of carbonyl (C=O) groups excluding carboxylic acids is 1. The Morgan fingerprint density at radius 1 is 0.865 bits per heavy atom. The molecule has 0 N–H and O–H groups in total. The van der Waals surface area contributed by atoms with Crippen LogP contribution in [0.4, 0.5) is 0 Å². The molecular formula is C29H42O5S2Sn. The summed E-state index contributed by atoms with van der Waals surface area (Å²) in [5.74, 6) is 2.27. The van der Waals surface area contributed by atoms with Gasteiger partial charge < -0.3 is 0 Å². The molecule has 0 saturated carbocycles. The van der Waals surface area contributed by atoms with Gasteiger partial charge in [-0.05, 0) is 0 Å². The maximum absolute atomic E-state index is 13.0. The zero-order valence-electron chi connectivity index (χ0n) is 22.5. The van der Waals surface area contributed by atoms with E-state index in [1.807, 2.05) is 24.3 Å². The van der Waals surface area contributed by atoms with Crippen molar-refractivity contribution in [2.45, 2.75) is 89.2 Å². The summed E-state index contributed by atoms with van der Waals surface area (Å²) in [4.78, 5) is 13.4. The van der Waals surface area contributed by atoms with Crippen LogP contribution in [0.25, 0.3) is 0 Å². The molecule has 1 saturated heterocycles. The molecule has 1 fully saturated rings. The number of rotatable bonds is 17. The van der Waals surface area contributed by atoms with Crippen LogP contribution in [0.1, 0.15) is 64.9 Å². The van der Waals surface area contributed by atoms with Crippen LogP contribution in [0.5, 0.6) is 11.5 Å². The second-order valence-electron chi connectivity index (χ2n) is 10.1. The third-order valence-corrected chi connectivity index (χ3v) is 22.5. The van der Waals surface area contributed by atoms with E-state index in [-0.39, 0.29) is 23.4 Å². The number of carbonyl (C=O) groups is 1. The molecule has 0 amide bonds. The number of unbranched alkanes of at least 4 members (excludes halogenated alkanes) is 3. The Morgan fingerprint density at radius 3 is 1.81 bits per heavy atom. The van der Waals surface area contributed by atoms with E-state index in [0.29, 0.717) is 16.4 Å². The summed E-state index contributed by atoms with van der Waals surface area (Å²) in [5.41, 5.74) is 0.915. The molecule has 0 aliphatic carbocycles. The Hall–Kier alpha value is -1.19. The summed E-state index contributed by atoms with van der Waals surface area (Å²) in [6, 6.07) is 14.1. The van der Waals surface area contributed by atoms with Crippen LogP contribution in [0.3, 0.4) is 0 Å². The number of hydrogen-bond donors (Lipinski definition) is 0. The Bertz CT molecular complexity index is 1060. The van der Waals surface area contributed by atoms with Crippen molar-refractivity contribution in [3.05, 3.63) is 54.1 Å². The van der Waals surface area contributed by atoms with E-state index in [4.69, 9.17) is 7.81 Å². The number of sulfone groups is 1. The zero-order chi connectivity index (χ0) is 26.7. The van der Waals surface area contributed by atoms with Crippen molar-refractivity contribution in [1.29, 1.82) is 0 Å². The predicted octanol–water partition coefficient (Wildman–Crippen LogP) is 7.80. The predicted molar refractivity (Wildman–Crippen MR) is 156 cm³/mol. The Balaban J connectivity index is 1.58. The summed E-state index contributed by atoms with van der Waals surface area (Å²) in [6.07, 6.45) is 7.21. The first kappa shape index (κ1) is 30.4. The van der Waals surface area contributed by atoms with Gasteiger partial charge >= 0.3 is 187 Å². The van der Waals surface area contributed by atoms with Gasteiger partial charge in [-0.25, -0.2) is 8.42 Å². The first-order chi connectivity index (χ1) is 17.8. The third-order valence-electron chi connectivity index (χ3n) is 6.79. The van der Waals surface area contributed by atoms with Crippen LogP contribution in [-0.2, 0) is 24.1 Å². The van der Waals surface area contributed by atoms with Crippen molar-refractivity contribution in [2.75, 3.05) is 11.5 Å². The van der Waals surface area contributed by atoms with Crippen molar-refractivity contribution in [1.82, 2.24) is 0 Å². The summed E-state index contributed by atoms with van der Waals surface area (Å²) in [7, 11) is -3.25. The normalized spacial score (nSPS) is 15.4. The SMILES string of the molecule is CCC[CH2][Sn]([CH2]CCC)([CH2]CCC)[O]C(=O)Cc1ccc(Oc2ccc(S(=O)(=O)CC3CS3)cc2)cc1. The van der Waals surface area contributed by atoms with Crippen molar-refractivity contribution in [3.8, 4) is 11.5 Å². The Labute approximate surface area is 232 Å². The van der Waals surface area contributed by atoms with Crippen LogP contribution in [0.15, 0.2) is 53.4 Å². The molecule has 3 rings (SSSR count). The summed E-state index contributed by atoms with van der Waals surface area (Å²) in [6.45, 7) is 6.64. The molecule has 1 aliphatic heterocycles. The number of ether oxygens (including phenoxy) is 1. The monoisotopic (exact) mass is 654 g/mol. The van der Waals surface area contributed by atoms with Crippen LogP contribution in [-0.4, -0.2) is 49.9 Å². The van der Waals surface area contributed by atoms with Gasteiger partial charge in [-0.3, -0.25) is 0 Å².